The van der Waals surface area contributed by atoms with Crippen LogP contribution in [0.4, 0.5) is 0 Å². The first kappa shape index (κ1) is 13.5. The van der Waals surface area contributed by atoms with Crippen LogP contribution in [0.5, 0.6) is 0 Å². The van der Waals surface area contributed by atoms with Gasteiger partial charge in [-0.1, -0.05) is 6.92 Å². The van der Waals surface area contributed by atoms with E-state index in [1.165, 1.54) is 5.56 Å². The maximum Gasteiger partial charge on any atom is 0.0637 e. The van der Waals surface area contributed by atoms with E-state index in [1.807, 2.05) is 12.4 Å². The van der Waals surface area contributed by atoms with E-state index >= 15 is 0 Å². The molecule has 0 saturated carbocycles. The summed E-state index contributed by atoms with van der Waals surface area (Å²) in [6.07, 6.45) is 4.80. The van der Waals surface area contributed by atoms with Crippen LogP contribution in [-0.4, -0.2) is 48.8 Å². The second-order valence-electron chi connectivity index (χ2n) is 4.87. The number of hydrogen-bond donors (Lipinski definition) is 1. The molecule has 2 unspecified atom stereocenters. The fraction of sp³-hybridized carbons (Fsp3) is 0.643. The molecule has 0 spiro atoms. The smallest absolute Gasteiger partial charge is 0.0637 e. The maximum atomic E-state index is 5.62. The van der Waals surface area contributed by atoms with Crippen molar-refractivity contribution in [1.82, 2.24) is 15.2 Å². The zero-order valence-electron chi connectivity index (χ0n) is 11.3. The van der Waals surface area contributed by atoms with Crippen LogP contribution in [0.1, 0.15) is 18.9 Å². The molecule has 0 radical (unpaired) electrons. The van der Waals surface area contributed by atoms with Crippen LogP contribution in [0.25, 0.3) is 0 Å². The van der Waals surface area contributed by atoms with Crippen molar-refractivity contribution in [3.05, 3.63) is 30.1 Å². The Balaban J connectivity index is 1.95. The Labute approximate surface area is 109 Å². The Morgan fingerprint density at radius 1 is 1.44 bits per heavy atom. The molecule has 1 saturated heterocycles. The van der Waals surface area contributed by atoms with Gasteiger partial charge in [0.15, 0.2) is 0 Å². The minimum atomic E-state index is 0.451. The van der Waals surface area contributed by atoms with Crippen LogP contribution >= 0.6 is 0 Å². The average molecular weight is 249 g/mol. The summed E-state index contributed by atoms with van der Waals surface area (Å²) in [5.41, 5.74) is 1.30. The van der Waals surface area contributed by atoms with Gasteiger partial charge in [0.05, 0.1) is 6.61 Å². The van der Waals surface area contributed by atoms with Gasteiger partial charge in [-0.05, 0) is 37.7 Å². The molecule has 0 aromatic carbocycles. The van der Waals surface area contributed by atoms with Crippen LogP contribution in [0.2, 0.25) is 0 Å². The average Bonchev–Trinajstić information content (AvgIpc) is 2.41. The number of likely N-dealkylation sites (N-methyl/N-ethyl adjacent to an activating group) is 2. The number of pyridine rings is 1. The molecule has 2 heterocycles. The molecular weight excluding hydrogens is 226 g/mol. The summed E-state index contributed by atoms with van der Waals surface area (Å²) < 4.78 is 5.62. The lowest BCUT2D eigenvalue weighted by Gasteiger charge is -2.38. The zero-order chi connectivity index (χ0) is 12.8. The number of nitrogens with one attached hydrogen (secondary N) is 1. The van der Waals surface area contributed by atoms with E-state index < -0.39 is 0 Å². The van der Waals surface area contributed by atoms with Crippen LogP contribution in [0.3, 0.4) is 0 Å². The number of nitrogens with zero attached hydrogens (tertiary/aromatic N) is 2. The van der Waals surface area contributed by atoms with E-state index in [2.05, 4.69) is 41.3 Å². The molecule has 100 valence electrons. The van der Waals surface area contributed by atoms with Crippen molar-refractivity contribution in [2.75, 3.05) is 26.8 Å². The highest BCUT2D eigenvalue weighted by Crippen LogP contribution is 2.15. The Bertz CT molecular complexity index is 342. The van der Waals surface area contributed by atoms with Gasteiger partial charge in [0.25, 0.3) is 0 Å². The normalized spacial score (nSPS) is 24.4. The molecule has 2 atom stereocenters. The van der Waals surface area contributed by atoms with Gasteiger partial charge in [-0.25, -0.2) is 0 Å². The van der Waals surface area contributed by atoms with Crippen LogP contribution in [-0.2, 0) is 11.3 Å². The summed E-state index contributed by atoms with van der Waals surface area (Å²) in [6, 6.07) is 5.13. The third-order valence-corrected chi connectivity index (χ3v) is 3.54. The molecule has 18 heavy (non-hydrogen) atoms. The molecule has 0 bridgehead atoms. The summed E-state index contributed by atoms with van der Waals surface area (Å²) in [7, 11) is 2.17. The van der Waals surface area contributed by atoms with Crippen molar-refractivity contribution in [3.8, 4) is 0 Å². The maximum absolute atomic E-state index is 5.62. The Hall–Kier alpha value is -0.970. The predicted molar refractivity (Wildman–Crippen MR) is 72.4 cm³/mol. The van der Waals surface area contributed by atoms with E-state index in [-0.39, 0.29) is 0 Å². The Morgan fingerprint density at radius 3 is 2.94 bits per heavy atom. The summed E-state index contributed by atoms with van der Waals surface area (Å²) in [4.78, 5) is 6.43. The van der Waals surface area contributed by atoms with Gasteiger partial charge in [-0.15, -0.1) is 0 Å². The standard InChI is InChI=1S/C14H23N3O/c1-3-16-13-6-9-18-11-14(13)17(2)10-12-4-7-15-8-5-12/h4-5,7-8,13-14,16H,3,6,9-11H2,1-2H3. The largest absolute Gasteiger partial charge is 0.380 e. The lowest BCUT2D eigenvalue weighted by Crippen LogP contribution is -2.53. The van der Waals surface area contributed by atoms with E-state index in [0.717, 1.165) is 32.7 Å². The minimum absolute atomic E-state index is 0.451. The molecule has 2 rings (SSSR count). The first-order valence-electron chi connectivity index (χ1n) is 6.71. The molecule has 0 amide bonds. The summed E-state index contributed by atoms with van der Waals surface area (Å²) in [6.45, 7) is 5.81. The molecule has 1 aromatic heterocycles. The minimum Gasteiger partial charge on any atom is -0.380 e. The van der Waals surface area contributed by atoms with Crippen molar-refractivity contribution in [2.45, 2.75) is 32.0 Å². The van der Waals surface area contributed by atoms with Gasteiger partial charge >= 0.3 is 0 Å². The third kappa shape index (κ3) is 3.51. The Morgan fingerprint density at radius 2 is 2.22 bits per heavy atom. The van der Waals surface area contributed by atoms with E-state index in [9.17, 15) is 0 Å². The Kier molecular flexibility index (Phi) is 5.11. The second-order valence-corrected chi connectivity index (χ2v) is 4.87. The molecule has 1 aliphatic rings. The second kappa shape index (κ2) is 6.83. The van der Waals surface area contributed by atoms with E-state index in [0.29, 0.717) is 12.1 Å². The summed E-state index contributed by atoms with van der Waals surface area (Å²) in [5, 5.41) is 3.57. The SMILES string of the molecule is CCNC1CCOCC1N(C)Cc1ccncc1. The van der Waals surface area contributed by atoms with Crippen molar-refractivity contribution < 1.29 is 4.74 Å². The lowest BCUT2D eigenvalue weighted by molar-refractivity contribution is 0.00384. The van der Waals surface area contributed by atoms with Gasteiger partial charge in [0, 0.05) is 37.6 Å². The first-order valence-corrected chi connectivity index (χ1v) is 6.71. The fourth-order valence-electron chi connectivity index (χ4n) is 2.55. The molecular formula is C14H23N3O. The van der Waals surface area contributed by atoms with Gasteiger partial charge in [-0.2, -0.15) is 0 Å². The molecule has 4 nitrogen and oxygen atoms in total. The third-order valence-electron chi connectivity index (χ3n) is 3.54. The monoisotopic (exact) mass is 249 g/mol. The highest BCUT2D eigenvalue weighted by atomic mass is 16.5. The number of hydrogen-bond acceptors (Lipinski definition) is 4. The number of rotatable bonds is 5. The van der Waals surface area contributed by atoms with Gasteiger partial charge in [-0.3, -0.25) is 9.88 Å². The zero-order valence-corrected chi connectivity index (χ0v) is 11.3. The molecule has 0 aliphatic carbocycles. The number of ether oxygens (including phenoxy) is 1. The fourth-order valence-corrected chi connectivity index (χ4v) is 2.55. The summed E-state index contributed by atoms with van der Waals surface area (Å²) in [5.74, 6) is 0. The lowest BCUT2D eigenvalue weighted by atomic mass is 10.0. The number of aromatic nitrogens is 1. The van der Waals surface area contributed by atoms with Gasteiger partial charge in [0.1, 0.15) is 0 Å². The first-order chi connectivity index (χ1) is 8.81. The summed E-state index contributed by atoms with van der Waals surface area (Å²) >= 11 is 0. The predicted octanol–water partition coefficient (Wildman–Crippen LogP) is 1.28. The van der Waals surface area contributed by atoms with Crippen LogP contribution < -0.4 is 5.32 Å². The van der Waals surface area contributed by atoms with Gasteiger partial charge in [0.2, 0.25) is 0 Å². The quantitative estimate of drug-likeness (QED) is 0.853. The van der Waals surface area contributed by atoms with Crippen molar-refractivity contribution >= 4 is 0 Å². The van der Waals surface area contributed by atoms with E-state index in [4.69, 9.17) is 4.74 Å². The van der Waals surface area contributed by atoms with Crippen LogP contribution in [0, 0.1) is 0 Å². The van der Waals surface area contributed by atoms with Crippen molar-refractivity contribution in [3.63, 3.8) is 0 Å². The topological polar surface area (TPSA) is 37.4 Å². The molecule has 1 aromatic rings. The molecule has 1 fully saturated rings. The molecule has 1 N–H and O–H groups in total. The van der Waals surface area contributed by atoms with Crippen molar-refractivity contribution in [2.24, 2.45) is 0 Å². The highest BCUT2D eigenvalue weighted by Gasteiger charge is 2.28. The van der Waals surface area contributed by atoms with Crippen LogP contribution in [0.15, 0.2) is 24.5 Å². The highest BCUT2D eigenvalue weighted by molar-refractivity contribution is 5.09. The van der Waals surface area contributed by atoms with E-state index in [1.54, 1.807) is 0 Å². The molecule has 1 aliphatic heterocycles. The van der Waals surface area contributed by atoms with Gasteiger partial charge < -0.3 is 10.1 Å². The van der Waals surface area contributed by atoms with Crippen molar-refractivity contribution in [1.29, 1.82) is 0 Å². The molecule has 4 heteroatoms.